The molecule has 19 heavy (non-hydrogen) atoms. The van der Waals surface area contributed by atoms with Gasteiger partial charge in [0.1, 0.15) is 5.60 Å². The number of esters is 2. The maximum absolute atomic E-state index is 11.6. The molecular formula is C14H25NO4. The van der Waals surface area contributed by atoms with Gasteiger partial charge in [0.15, 0.2) is 0 Å². The molecule has 5 heteroatoms. The first-order valence-corrected chi connectivity index (χ1v) is 6.40. The van der Waals surface area contributed by atoms with E-state index in [1.165, 1.54) is 7.11 Å². The van der Waals surface area contributed by atoms with Crippen LogP contribution in [0, 0.1) is 0 Å². The number of ether oxygens (including phenoxy) is 2. The van der Waals surface area contributed by atoms with E-state index in [9.17, 15) is 9.59 Å². The number of rotatable bonds is 6. The highest BCUT2D eigenvalue weighted by molar-refractivity contribution is 5.88. The third-order valence-electron chi connectivity index (χ3n) is 2.52. The lowest BCUT2D eigenvalue weighted by atomic mass is 10.0. The zero-order valence-electron chi connectivity index (χ0n) is 12.5. The highest BCUT2D eigenvalue weighted by Crippen LogP contribution is 2.18. The van der Waals surface area contributed by atoms with Crippen molar-refractivity contribution in [3.8, 4) is 0 Å². The Bertz CT molecular complexity index is 353. The SMILES string of the molecule is COC(=O)/C(C)=C(\CCN)CCC(=O)OC(C)(C)C. The Labute approximate surface area is 115 Å². The average Bonchev–Trinajstić information content (AvgIpc) is 2.30. The minimum absolute atomic E-state index is 0.237. The van der Waals surface area contributed by atoms with Crippen LogP contribution < -0.4 is 5.73 Å². The van der Waals surface area contributed by atoms with Crippen LogP contribution in [0.4, 0.5) is 0 Å². The molecule has 0 aliphatic carbocycles. The molecule has 0 fully saturated rings. The molecule has 5 nitrogen and oxygen atoms in total. The predicted octanol–water partition coefficient (Wildman–Crippen LogP) is 1.95. The van der Waals surface area contributed by atoms with Crippen molar-refractivity contribution >= 4 is 11.9 Å². The van der Waals surface area contributed by atoms with E-state index in [2.05, 4.69) is 4.74 Å². The van der Waals surface area contributed by atoms with Crippen molar-refractivity contribution < 1.29 is 19.1 Å². The highest BCUT2D eigenvalue weighted by Gasteiger charge is 2.17. The van der Waals surface area contributed by atoms with Gasteiger partial charge in [0.05, 0.1) is 7.11 Å². The summed E-state index contributed by atoms with van der Waals surface area (Å²) in [7, 11) is 1.33. The number of hydrogen-bond donors (Lipinski definition) is 1. The van der Waals surface area contributed by atoms with Gasteiger partial charge in [0.25, 0.3) is 0 Å². The normalized spacial score (nSPS) is 12.7. The molecule has 2 N–H and O–H groups in total. The van der Waals surface area contributed by atoms with Crippen LogP contribution in [0.1, 0.15) is 47.0 Å². The molecule has 0 saturated carbocycles. The average molecular weight is 271 g/mol. The summed E-state index contributed by atoms with van der Waals surface area (Å²) in [5.74, 6) is -0.660. The van der Waals surface area contributed by atoms with Gasteiger partial charge in [-0.2, -0.15) is 0 Å². The standard InChI is InChI=1S/C14H25NO4/c1-10(13(17)18-5)11(8-9-15)6-7-12(16)19-14(2,3)4/h6-9,15H2,1-5H3/b11-10-. The summed E-state index contributed by atoms with van der Waals surface area (Å²) in [6, 6.07) is 0. The molecule has 0 rings (SSSR count). The number of nitrogens with two attached hydrogens (primary N) is 1. The second kappa shape index (κ2) is 7.94. The van der Waals surface area contributed by atoms with Crippen molar-refractivity contribution in [2.24, 2.45) is 5.73 Å². The van der Waals surface area contributed by atoms with Crippen LogP contribution in [0.3, 0.4) is 0 Å². The molecule has 0 spiro atoms. The fraction of sp³-hybridized carbons (Fsp3) is 0.714. The Hall–Kier alpha value is -1.36. The minimum atomic E-state index is -0.494. The van der Waals surface area contributed by atoms with E-state index in [1.54, 1.807) is 6.92 Å². The van der Waals surface area contributed by atoms with Gasteiger partial charge in [0.2, 0.25) is 0 Å². The molecule has 0 aromatic carbocycles. The summed E-state index contributed by atoms with van der Waals surface area (Å²) in [5.41, 5.74) is 6.39. The molecule has 0 radical (unpaired) electrons. The molecule has 0 aromatic rings. The Morgan fingerprint density at radius 1 is 1.11 bits per heavy atom. The topological polar surface area (TPSA) is 78.6 Å². The van der Waals surface area contributed by atoms with E-state index in [4.69, 9.17) is 10.5 Å². The van der Waals surface area contributed by atoms with Crippen LogP contribution in [-0.2, 0) is 19.1 Å². The van der Waals surface area contributed by atoms with Gasteiger partial charge in [-0.3, -0.25) is 4.79 Å². The van der Waals surface area contributed by atoms with Gasteiger partial charge in [-0.05, 0) is 47.1 Å². The lowest BCUT2D eigenvalue weighted by Crippen LogP contribution is -2.23. The zero-order chi connectivity index (χ0) is 15.1. The smallest absolute Gasteiger partial charge is 0.333 e. The van der Waals surface area contributed by atoms with Gasteiger partial charge in [-0.1, -0.05) is 5.57 Å². The summed E-state index contributed by atoms with van der Waals surface area (Å²) in [5, 5.41) is 0. The number of carbonyl (C=O) groups excluding carboxylic acids is 2. The largest absolute Gasteiger partial charge is 0.466 e. The Morgan fingerprint density at radius 3 is 2.11 bits per heavy atom. The Balaban J connectivity index is 4.62. The summed E-state index contributed by atoms with van der Waals surface area (Å²) >= 11 is 0. The molecule has 0 unspecified atom stereocenters. The van der Waals surface area contributed by atoms with Gasteiger partial charge in [-0.25, -0.2) is 4.79 Å². The quantitative estimate of drug-likeness (QED) is 0.590. The first kappa shape index (κ1) is 17.6. The zero-order valence-corrected chi connectivity index (χ0v) is 12.5. The molecule has 0 heterocycles. The molecule has 0 saturated heterocycles. The van der Waals surface area contributed by atoms with Crippen LogP contribution in [-0.4, -0.2) is 31.2 Å². The second-order valence-corrected chi connectivity index (χ2v) is 5.35. The van der Waals surface area contributed by atoms with Crippen LogP contribution in [0.2, 0.25) is 0 Å². The molecule has 0 aliphatic rings. The summed E-state index contributed by atoms with van der Waals surface area (Å²) in [6.45, 7) is 7.58. The van der Waals surface area contributed by atoms with Crippen molar-refractivity contribution in [3.05, 3.63) is 11.1 Å². The molecule has 0 aliphatic heterocycles. The molecule has 0 bridgehead atoms. The predicted molar refractivity (Wildman–Crippen MR) is 73.5 cm³/mol. The second-order valence-electron chi connectivity index (χ2n) is 5.35. The summed E-state index contributed by atoms with van der Waals surface area (Å²) in [6.07, 6.45) is 1.28. The first-order chi connectivity index (χ1) is 8.71. The fourth-order valence-electron chi connectivity index (χ4n) is 1.62. The molecule has 0 aromatic heterocycles. The van der Waals surface area contributed by atoms with E-state index in [-0.39, 0.29) is 18.4 Å². The van der Waals surface area contributed by atoms with E-state index >= 15 is 0 Å². The first-order valence-electron chi connectivity index (χ1n) is 6.40. The molecule has 110 valence electrons. The third kappa shape index (κ3) is 7.62. The Kier molecular flexibility index (Phi) is 7.37. The van der Waals surface area contributed by atoms with Crippen molar-refractivity contribution in [2.75, 3.05) is 13.7 Å². The maximum atomic E-state index is 11.6. The number of hydrogen-bond acceptors (Lipinski definition) is 5. The minimum Gasteiger partial charge on any atom is -0.466 e. The van der Waals surface area contributed by atoms with E-state index < -0.39 is 5.60 Å². The van der Waals surface area contributed by atoms with Crippen molar-refractivity contribution in [3.63, 3.8) is 0 Å². The number of methoxy groups -OCH3 is 1. The van der Waals surface area contributed by atoms with Crippen LogP contribution >= 0.6 is 0 Å². The van der Waals surface area contributed by atoms with Gasteiger partial charge >= 0.3 is 11.9 Å². The van der Waals surface area contributed by atoms with Crippen molar-refractivity contribution in [2.45, 2.75) is 52.6 Å². The Morgan fingerprint density at radius 2 is 1.68 bits per heavy atom. The van der Waals surface area contributed by atoms with Gasteiger partial charge in [0, 0.05) is 12.0 Å². The van der Waals surface area contributed by atoms with Gasteiger partial charge in [-0.15, -0.1) is 0 Å². The van der Waals surface area contributed by atoms with Gasteiger partial charge < -0.3 is 15.2 Å². The number of carbonyl (C=O) groups is 2. The fourth-order valence-corrected chi connectivity index (χ4v) is 1.62. The lowest BCUT2D eigenvalue weighted by Gasteiger charge is -2.19. The lowest BCUT2D eigenvalue weighted by molar-refractivity contribution is -0.154. The van der Waals surface area contributed by atoms with Crippen molar-refractivity contribution in [1.29, 1.82) is 0 Å². The highest BCUT2D eigenvalue weighted by atomic mass is 16.6. The summed E-state index contributed by atoms with van der Waals surface area (Å²) < 4.78 is 9.90. The van der Waals surface area contributed by atoms with Crippen LogP contribution in [0.5, 0.6) is 0 Å². The molecule has 0 amide bonds. The third-order valence-corrected chi connectivity index (χ3v) is 2.52. The maximum Gasteiger partial charge on any atom is 0.333 e. The molecule has 0 atom stereocenters. The van der Waals surface area contributed by atoms with E-state index in [0.29, 0.717) is 25.0 Å². The van der Waals surface area contributed by atoms with Crippen LogP contribution in [0.25, 0.3) is 0 Å². The van der Waals surface area contributed by atoms with E-state index in [1.807, 2.05) is 20.8 Å². The summed E-state index contributed by atoms with van der Waals surface area (Å²) in [4.78, 5) is 23.1. The molecular weight excluding hydrogens is 246 g/mol. The van der Waals surface area contributed by atoms with Crippen molar-refractivity contribution in [1.82, 2.24) is 0 Å². The van der Waals surface area contributed by atoms with E-state index in [0.717, 1.165) is 5.57 Å². The monoisotopic (exact) mass is 271 g/mol. The van der Waals surface area contributed by atoms with Crippen LogP contribution in [0.15, 0.2) is 11.1 Å².